The first-order chi connectivity index (χ1) is 11.9. The average Bonchev–Trinajstić information content (AvgIpc) is 3.17. The van der Waals surface area contributed by atoms with Crippen molar-refractivity contribution in [3.63, 3.8) is 0 Å². The fraction of sp³-hybridized carbons (Fsp3) is 0.438. The molecule has 1 aliphatic carbocycles. The van der Waals surface area contributed by atoms with Gasteiger partial charge in [-0.3, -0.25) is 19.1 Å². The Bertz CT molecular complexity index is 867. The van der Waals surface area contributed by atoms with E-state index < -0.39 is 41.4 Å². The number of nitrogens with one attached hydrogen (secondary N) is 1. The molecule has 0 unspecified atom stereocenters. The Kier molecular flexibility index (Phi) is 4.60. The Hall–Kier alpha value is -2.65. The summed E-state index contributed by atoms with van der Waals surface area (Å²) in [5.74, 6) is -1.01. The van der Waals surface area contributed by atoms with Gasteiger partial charge in [0.1, 0.15) is 6.10 Å². The minimum absolute atomic E-state index is 0.0588. The number of nitrogens with zero attached hydrogens (tertiary/aromatic N) is 1. The van der Waals surface area contributed by atoms with Crippen molar-refractivity contribution < 1.29 is 24.2 Å². The Balaban J connectivity index is 1.93. The zero-order valence-electron chi connectivity index (χ0n) is 13.4. The van der Waals surface area contributed by atoms with Crippen molar-refractivity contribution in [3.05, 3.63) is 45.6 Å². The quantitative estimate of drug-likeness (QED) is 0.641. The van der Waals surface area contributed by atoms with Crippen LogP contribution in [0.25, 0.3) is 11.1 Å². The molecule has 3 rings (SSSR count). The topological polar surface area (TPSA) is 135 Å². The molecule has 2 aromatic rings. The first kappa shape index (κ1) is 17.2. The molecule has 4 atom stereocenters. The maximum absolute atomic E-state index is 12.2. The third-order valence-electron chi connectivity index (χ3n) is 4.43. The molecule has 0 amide bonds. The predicted molar refractivity (Wildman–Crippen MR) is 84.8 cm³/mol. The number of H-pyrrole nitrogens is 1. The van der Waals surface area contributed by atoms with Crippen LogP contribution >= 0.6 is 0 Å². The highest BCUT2D eigenvalue weighted by Crippen LogP contribution is 2.35. The lowest BCUT2D eigenvalue weighted by Gasteiger charge is -2.19. The molecule has 134 valence electrons. The molecule has 3 N–H and O–H groups in total. The molecular weight excluding hydrogens is 332 g/mol. The van der Waals surface area contributed by atoms with E-state index in [1.54, 1.807) is 6.07 Å². The van der Waals surface area contributed by atoms with Gasteiger partial charge in [-0.05, 0) is 12.5 Å². The van der Waals surface area contributed by atoms with E-state index in [4.69, 9.17) is 9.15 Å². The third-order valence-corrected chi connectivity index (χ3v) is 4.43. The number of carbonyl (C=O) groups excluding carboxylic acids is 1. The van der Waals surface area contributed by atoms with Crippen LogP contribution in [0.2, 0.25) is 0 Å². The Morgan fingerprint density at radius 2 is 2.16 bits per heavy atom. The maximum Gasteiger partial charge on any atom is 0.328 e. The van der Waals surface area contributed by atoms with Gasteiger partial charge in [-0.2, -0.15) is 0 Å². The molecule has 25 heavy (non-hydrogen) atoms. The van der Waals surface area contributed by atoms with Crippen LogP contribution in [0.4, 0.5) is 0 Å². The van der Waals surface area contributed by atoms with Crippen molar-refractivity contribution in [2.45, 2.75) is 31.6 Å². The molecule has 9 heteroatoms. The van der Waals surface area contributed by atoms with Crippen LogP contribution in [0.5, 0.6) is 0 Å². The first-order valence-electron chi connectivity index (χ1n) is 7.76. The van der Waals surface area contributed by atoms with Crippen LogP contribution in [0.3, 0.4) is 0 Å². The third kappa shape index (κ3) is 3.28. The number of carbonyl (C=O) groups is 1. The van der Waals surface area contributed by atoms with Gasteiger partial charge in [-0.25, -0.2) is 4.79 Å². The second-order valence-corrected chi connectivity index (χ2v) is 6.07. The van der Waals surface area contributed by atoms with Crippen molar-refractivity contribution in [1.82, 2.24) is 9.55 Å². The van der Waals surface area contributed by atoms with E-state index in [0.717, 1.165) is 0 Å². The molecule has 0 aromatic carbocycles. The van der Waals surface area contributed by atoms with Crippen molar-refractivity contribution >= 4 is 5.97 Å². The summed E-state index contributed by atoms with van der Waals surface area (Å²) >= 11 is 0. The monoisotopic (exact) mass is 350 g/mol. The normalized spacial score (nSPS) is 25.9. The summed E-state index contributed by atoms with van der Waals surface area (Å²) in [5.41, 5.74) is -0.577. The molecule has 9 nitrogen and oxygen atoms in total. The summed E-state index contributed by atoms with van der Waals surface area (Å²) in [4.78, 5) is 37.3. The van der Waals surface area contributed by atoms with Gasteiger partial charge in [-0.15, -0.1) is 0 Å². The summed E-state index contributed by atoms with van der Waals surface area (Å²) in [7, 11) is 0. The van der Waals surface area contributed by atoms with E-state index in [-0.39, 0.29) is 18.6 Å². The lowest BCUT2D eigenvalue weighted by atomic mass is 10.1. The summed E-state index contributed by atoms with van der Waals surface area (Å²) in [6.45, 7) is 1.19. The second-order valence-electron chi connectivity index (χ2n) is 6.07. The van der Waals surface area contributed by atoms with Gasteiger partial charge in [0.05, 0.1) is 36.8 Å². The Morgan fingerprint density at radius 1 is 1.40 bits per heavy atom. The molecule has 0 bridgehead atoms. The van der Waals surface area contributed by atoms with Gasteiger partial charge < -0.3 is 19.4 Å². The SMILES string of the molecule is CC(=O)OC[C@H]1C[C@@H](n2cc(-c3ccoc3)c(=O)[nH]c2=O)[C@H](O)[C@@H]1O. The molecular formula is C16H18N2O7. The number of aromatic nitrogens is 2. The molecule has 1 saturated carbocycles. The first-order valence-corrected chi connectivity index (χ1v) is 7.76. The maximum atomic E-state index is 12.2. The zero-order valence-corrected chi connectivity index (χ0v) is 13.4. The van der Waals surface area contributed by atoms with Gasteiger partial charge in [0, 0.05) is 24.6 Å². The lowest BCUT2D eigenvalue weighted by Crippen LogP contribution is -2.37. The molecule has 2 heterocycles. The highest BCUT2D eigenvalue weighted by molar-refractivity contribution is 5.65. The fourth-order valence-corrected chi connectivity index (χ4v) is 3.12. The van der Waals surface area contributed by atoms with Crippen molar-refractivity contribution in [3.8, 4) is 11.1 Å². The number of ether oxygens (including phenoxy) is 1. The van der Waals surface area contributed by atoms with Crippen LogP contribution in [0.15, 0.2) is 38.8 Å². The molecule has 2 aromatic heterocycles. The number of rotatable bonds is 4. The predicted octanol–water partition coefficient (Wildman–Crippen LogP) is -0.357. The second kappa shape index (κ2) is 6.69. The number of hydrogen-bond donors (Lipinski definition) is 3. The number of aliphatic hydroxyl groups excluding tert-OH is 2. The number of furan rings is 1. The van der Waals surface area contributed by atoms with Gasteiger partial charge in [0.25, 0.3) is 5.56 Å². The van der Waals surface area contributed by atoms with E-state index in [9.17, 15) is 24.6 Å². The molecule has 0 radical (unpaired) electrons. The lowest BCUT2D eigenvalue weighted by molar-refractivity contribution is -0.143. The van der Waals surface area contributed by atoms with Gasteiger partial charge >= 0.3 is 11.7 Å². The van der Waals surface area contributed by atoms with Gasteiger partial charge in [-0.1, -0.05) is 0 Å². The summed E-state index contributed by atoms with van der Waals surface area (Å²) in [6, 6.07) is 0.813. The average molecular weight is 350 g/mol. The van der Waals surface area contributed by atoms with Crippen LogP contribution in [-0.4, -0.2) is 44.5 Å². The highest BCUT2D eigenvalue weighted by atomic mass is 16.5. The van der Waals surface area contributed by atoms with E-state index in [1.165, 1.54) is 30.2 Å². The molecule has 0 spiro atoms. The standard InChI is InChI=1S/C16H18N2O7/c1-8(19)25-7-10-4-12(14(21)13(10)20)18-5-11(9-2-3-24-6-9)15(22)17-16(18)23/h2-3,5-6,10,12-14,20-21H,4,7H2,1H3,(H,17,22,23)/t10-,12-,13-,14+/m1/s1. The van der Waals surface area contributed by atoms with Crippen LogP contribution in [0.1, 0.15) is 19.4 Å². The molecule has 1 aliphatic rings. The van der Waals surface area contributed by atoms with Crippen molar-refractivity contribution in [2.24, 2.45) is 5.92 Å². The van der Waals surface area contributed by atoms with Crippen molar-refractivity contribution in [1.29, 1.82) is 0 Å². The van der Waals surface area contributed by atoms with E-state index in [1.807, 2.05) is 0 Å². The number of esters is 1. The van der Waals surface area contributed by atoms with E-state index in [2.05, 4.69) is 4.98 Å². The summed E-state index contributed by atoms with van der Waals surface area (Å²) in [6.07, 6.45) is 1.92. The van der Waals surface area contributed by atoms with Crippen LogP contribution in [-0.2, 0) is 9.53 Å². The van der Waals surface area contributed by atoms with Crippen LogP contribution in [0, 0.1) is 5.92 Å². The fourth-order valence-electron chi connectivity index (χ4n) is 3.12. The van der Waals surface area contributed by atoms with E-state index >= 15 is 0 Å². The molecule has 1 fully saturated rings. The van der Waals surface area contributed by atoms with Gasteiger partial charge in [0.15, 0.2) is 0 Å². The number of aromatic amines is 1. The summed E-state index contributed by atoms with van der Waals surface area (Å²) in [5, 5.41) is 20.5. The smallest absolute Gasteiger partial charge is 0.328 e. The molecule has 0 saturated heterocycles. The van der Waals surface area contributed by atoms with Crippen molar-refractivity contribution in [2.75, 3.05) is 6.61 Å². The summed E-state index contributed by atoms with van der Waals surface area (Å²) < 4.78 is 11.0. The van der Waals surface area contributed by atoms with Gasteiger partial charge in [0.2, 0.25) is 0 Å². The van der Waals surface area contributed by atoms with E-state index in [0.29, 0.717) is 5.56 Å². The Morgan fingerprint density at radius 3 is 2.80 bits per heavy atom. The minimum atomic E-state index is -1.23. The number of aliphatic hydroxyl groups is 2. The number of hydrogen-bond acceptors (Lipinski definition) is 7. The minimum Gasteiger partial charge on any atom is -0.472 e. The zero-order chi connectivity index (χ0) is 18.1. The van der Waals surface area contributed by atoms with Crippen LogP contribution < -0.4 is 11.2 Å². The molecule has 0 aliphatic heterocycles. The highest BCUT2D eigenvalue weighted by Gasteiger charge is 2.43. The largest absolute Gasteiger partial charge is 0.472 e. The Labute approximate surface area is 141 Å².